The summed E-state index contributed by atoms with van der Waals surface area (Å²) in [4.78, 5) is 4.65. The first-order valence-electron chi connectivity index (χ1n) is 6.16. The highest BCUT2D eigenvalue weighted by Crippen LogP contribution is 2.29. The summed E-state index contributed by atoms with van der Waals surface area (Å²) in [6, 6.07) is 11.4. The van der Waals surface area contributed by atoms with Gasteiger partial charge in [-0.05, 0) is 30.3 Å². The van der Waals surface area contributed by atoms with Crippen LogP contribution >= 0.6 is 11.6 Å². The number of methoxy groups -OCH3 is 1. The van der Waals surface area contributed by atoms with Crippen LogP contribution in [0.3, 0.4) is 0 Å². The van der Waals surface area contributed by atoms with Crippen molar-refractivity contribution in [3.05, 3.63) is 41.4 Å². The Morgan fingerprint density at radius 2 is 2.00 bits per heavy atom. The zero-order valence-corrected chi connectivity index (χ0v) is 12.0. The number of halogens is 1. The van der Waals surface area contributed by atoms with Crippen molar-refractivity contribution in [3.63, 3.8) is 0 Å². The van der Waals surface area contributed by atoms with Gasteiger partial charge in [-0.15, -0.1) is 0 Å². The first-order valence-corrected chi connectivity index (χ1v) is 6.54. The van der Waals surface area contributed by atoms with Crippen molar-refractivity contribution in [1.29, 1.82) is 0 Å². The molecule has 3 aromatic rings. The lowest BCUT2D eigenvalue weighted by Crippen LogP contribution is -1.94. The predicted molar refractivity (Wildman–Crippen MR) is 82.1 cm³/mol. The number of ether oxygens (including phenoxy) is 1. The Bertz CT molecular complexity index is 795. The van der Waals surface area contributed by atoms with Gasteiger partial charge in [0.2, 0.25) is 0 Å². The topological polar surface area (TPSA) is 53.1 Å². The average molecular weight is 288 g/mol. The second-order valence-electron chi connectivity index (χ2n) is 4.59. The van der Waals surface area contributed by atoms with E-state index in [4.69, 9.17) is 22.1 Å². The van der Waals surface area contributed by atoms with Gasteiger partial charge in [-0.25, -0.2) is 4.98 Å². The van der Waals surface area contributed by atoms with Crippen molar-refractivity contribution in [1.82, 2.24) is 9.55 Å². The summed E-state index contributed by atoms with van der Waals surface area (Å²) >= 11 is 5.96. The van der Waals surface area contributed by atoms with E-state index in [0.717, 1.165) is 28.2 Å². The number of hydrogen-bond donors (Lipinski definition) is 1. The molecular weight excluding hydrogens is 274 g/mol. The van der Waals surface area contributed by atoms with Crippen LogP contribution in [-0.4, -0.2) is 16.7 Å². The fourth-order valence-electron chi connectivity index (χ4n) is 2.25. The number of rotatable bonds is 2. The van der Waals surface area contributed by atoms with Gasteiger partial charge in [0.15, 0.2) is 0 Å². The fourth-order valence-corrected chi connectivity index (χ4v) is 2.37. The molecule has 2 aromatic carbocycles. The number of hydrogen-bond acceptors (Lipinski definition) is 3. The molecule has 0 unspecified atom stereocenters. The second-order valence-corrected chi connectivity index (χ2v) is 4.99. The third-order valence-corrected chi connectivity index (χ3v) is 3.69. The van der Waals surface area contributed by atoms with Gasteiger partial charge in [0.25, 0.3) is 0 Å². The molecule has 4 nitrogen and oxygen atoms in total. The molecule has 0 atom stereocenters. The van der Waals surface area contributed by atoms with E-state index in [9.17, 15) is 0 Å². The van der Waals surface area contributed by atoms with Crippen LogP contribution in [0.5, 0.6) is 5.75 Å². The van der Waals surface area contributed by atoms with E-state index < -0.39 is 0 Å². The van der Waals surface area contributed by atoms with Gasteiger partial charge in [0, 0.05) is 18.7 Å². The molecule has 0 saturated carbocycles. The number of imidazole rings is 1. The smallest absolute Gasteiger partial charge is 0.140 e. The first-order chi connectivity index (χ1) is 9.60. The summed E-state index contributed by atoms with van der Waals surface area (Å²) in [5.41, 5.74) is 9.26. The fraction of sp³-hybridized carbons (Fsp3) is 0.133. The third kappa shape index (κ3) is 1.98. The van der Waals surface area contributed by atoms with Crippen molar-refractivity contribution in [3.8, 4) is 17.1 Å². The molecule has 102 valence electrons. The minimum atomic E-state index is 0.550. The molecule has 1 heterocycles. The predicted octanol–water partition coefficient (Wildman–Crippen LogP) is 3.48. The second kappa shape index (κ2) is 4.72. The molecule has 0 aliphatic heterocycles. The first kappa shape index (κ1) is 12.8. The monoisotopic (exact) mass is 287 g/mol. The van der Waals surface area contributed by atoms with Gasteiger partial charge in [-0.3, -0.25) is 0 Å². The number of nitrogen functional groups attached to an aromatic ring is 1. The maximum Gasteiger partial charge on any atom is 0.140 e. The summed E-state index contributed by atoms with van der Waals surface area (Å²) in [6.07, 6.45) is 0. The van der Waals surface area contributed by atoms with Gasteiger partial charge in [0.1, 0.15) is 11.6 Å². The lowest BCUT2D eigenvalue weighted by Gasteiger charge is -2.04. The number of nitrogens with two attached hydrogens (primary N) is 1. The van der Waals surface area contributed by atoms with Crippen LogP contribution in [0.1, 0.15) is 0 Å². The number of aryl methyl sites for hydroxylation is 1. The molecule has 0 amide bonds. The minimum absolute atomic E-state index is 0.550. The zero-order chi connectivity index (χ0) is 14.3. The minimum Gasteiger partial charge on any atom is -0.497 e. The van der Waals surface area contributed by atoms with Crippen molar-refractivity contribution in [2.24, 2.45) is 7.05 Å². The van der Waals surface area contributed by atoms with E-state index in [0.29, 0.717) is 10.7 Å². The highest BCUT2D eigenvalue weighted by Gasteiger charge is 2.11. The number of benzene rings is 2. The quantitative estimate of drug-likeness (QED) is 0.734. The number of anilines is 1. The largest absolute Gasteiger partial charge is 0.497 e. The van der Waals surface area contributed by atoms with Gasteiger partial charge < -0.3 is 15.0 Å². The van der Waals surface area contributed by atoms with E-state index in [2.05, 4.69) is 4.98 Å². The lowest BCUT2D eigenvalue weighted by molar-refractivity contribution is 0.415. The highest BCUT2D eigenvalue weighted by atomic mass is 35.5. The van der Waals surface area contributed by atoms with E-state index in [-0.39, 0.29) is 0 Å². The third-order valence-electron chi connectivity index (χ3n) is 3.34. The summed E-state index contributed by atoms with van der Waals surface area (Å²) in [5, 5.41) is 0.550. The van der Waals surface area contributed by atoms with E-state index in [1.807, 2.05) is 41.9 Å². The summed E-state index contributed by atoms with van der Waals surface area (Å²) in [5.74, 6) is 1.63. The molecule has 2 N–H and O–H groups in total. The molecule has 0 fully saturated rings. The van der Waals surface area contributed by atoms with Crippen LogP contribution in [-0.2, 0) is 7.05 Å². The normalized spacial score (nSPS) is 10.9. The standard InChI is InChI=1S/C15H14ClN3O/c1-19-14-6-4-10(20-2)8-13(14)18-15(19)9-3-5-11(16)12(17)7-9/h3-8H,17H2,1-2H3. The zero-order valence-electron chi connectivity index (χ0n) is 11.2. The van der Waals surface area contributed by atoms with Crippen LogP contribution in [0.25, 0.3) is 22.4 Å². The molecule has 0 saturated heterocycles. The average Bonchev–Trinajstić information content (AvgIpc) is 2.78. The van der Waals surface area contributed by atoms with Gasteiger partial charge in [-0.1, -0.05) is 11.6 Å². The van der Waals surface area contributed by atoms with E-state index in [1.54, 1.807) is 13.2 Å². The molecular formula is C15H14ClN3O. The van der Waals surface area contributed by atoms with Gasteiger partial charge >= 0.3 is 0 Å². The van der Waals surface area contributed by atoms with Crippen molar-refractivity contribution < 1.29 is 4.74 Å². The van der Waals surface area contributed by atoms with Gasteiger partial charge in [-0.2, -0.15) is 0 Å². The number of fused-ring (bicyclic) bond motifs is 1. The summed E-state index contributed by atoms with van der Waals surface area (Å²) < 4.78 is 7.25. The van der Waals surface area contributed by atoms with Crippen LogP contribution < -0.4 is 10.5 Å². The highest BCUT2D eigenvalue weighted by molar-refractivity contribution is 6.33. The van der Waals surface area contributed by atoms with E-state index in [1.165, 1.54) is 0 Å². The number of aromatic nitrogens is 2. The number of nitrogens with zero attached hydrogens (tertiary/aromatic N) is 2. The van der Waals surface area contributed by atoms with Crippen LogP contribution in [0.15, 0.2) is 36.4 Å². The molecule has 0 aliphatic rings. The van der Waals surface area contributed by atoms with Crippen molar-refractivity contribution in [2.45, 2.75) is 0 Å². The molecule has 3 rings (SSSR count). The van der Waals surface area contributed by atoms with Crippen LogP contribution in [0.4, 0.5) is 5.69 Å². The summed E-state index contributed by atoms with van der Waals surface area (Å²) in [7, 11) is 3.62. The molecule has 0 spiro atoms. The van der Waals surface area contributed by atoms with Crippen molar-refractivity contribution >= 4 is 28.3 Å². The molecule has 0 radical (unpaired) electrons. The summed E-state index contributed by atoms with van der Waals surface area (Å²) in [6.45, 7) is 0. The van der Waals surface area contributed by atoms with Crippen LogP contribution in [0, 0.1) is 0 Å². The Kier molecular flexibility index (Phi) is 3.03. The molecule has 5 heteroatoms. The van der Waals surface area contributed by atoms with Crippen molar-refractivity contribution in [2.75, 3.05) is 12.8 Å². The Hall–Kier alpha value is -2.20. The van der Waals surface area contributed by atoms with E-state index >= 15 is 0 Å². The Labute approximate surface area is 121 Å². The molecule has 0 aliphatic carbocycles. The Morgan fingerprint density at radius 1 is 1.20 bits per heavy atom. The maximum atomic E-state index is 5.96. The lowest BCUT2D eigenvalue weighted by atomic mass is 10.2. The Morgan fingerprint density at radius 3 is 2.70 bits per heavy atom. The molecule has 20 heavy (non-hydrogen) atoms. The van der Waals surface area contributed by atoms with Crippen LogP contribution in [0.2, 0.25) is 5.02 Å². The maximum absolute atomic E-state index is 5.96. The van der Waals surface area contributed by atoms with Gasteiger partial charge in [0.05, 0.1) is 28.9 Å². The SMILES string of the molecule is COc1ccc2c(c1)nc(-c1ccc(Cl)c(N)c1)n2C. The molecule has 1 aromatic heterocycles. The molecule has 0 bridgehead atoms. The Balaban J connectivity index is 2.20.